The molecule has 0 aliphatic carbocycles. The minimum atomic E-state index is -2.95. The van der Waals surface area contributed by atoms with E-state index in [2.05, 4.69) is 14.3 Å². The Hall–Kier alpha value is -2.18. The number of aromatic amines is 1. The first kappa shape index (κ1) is 10.3. The Morgan fingerprint density at radius 3 is 2.75 bits per heavy atom. The van der Waals surface area contributed by atoms with Crippen LogP contribution in [0.4, 0.5) is 8.78 Å². The van der Waals surface area contributed by atoms with E-state index in [-0.39, 0.29) is 17.2 Å². The molecular formula is C9H6F2N2O3. The predicted octanol–water partition coefficient (Wildman–Crippen LogP) is 1.63. The first-order valence-corrected chi connectivity index (χ1v) is 4.26. The van der Waals surface area contributed by atoms with Crippen LogP contribution in [0, 0.1) is 0 Å². The normalized spacial score (nSPS) is 10.7. The van der Waals surface area contributed by atoms with E-state index in [1.165, 1.54) is 18.2 Å². The summed E-state index contributed by atoms with van der Waals surface area (Å²) in [4.78, 5) is 10.7. The topological polar surface area (TPSA) is 68.1 Å². The van der Waals surface area contributed by atoms with E-state index >= 15 is 0 Å². The number of halogens is 2. The van der Waals surface area contributed by atoms with Gasteiger partial charge in [-0.3, -0.25) is 0 Å². The first-order valence-electron chi connectivity index (χ1n) is 4.26. The molecule has 0 spiro atoms. The van der Waals surface area contributed by atoms with Crippen LogP contribution in [0.2, 0.25) is 0 Å². The number of hydrogen-bond donors (Lipinski definition) is 1. The lowest BCUT2D eigenvalue weighted by Crippen LogP contribution is -2.03. The molecule has 0 unspecified atom stereocenters. The van der Waals surface area contributed by atoms with Crippen molar-refractivity contribution in [2.24, 2.45) is 0 Å². The molecule has 0 amide bonds. The van der Waals surface area contributed by atoms with E-state index in [1.54, 1.807) is 6.07 Å². The van der Waals surface area contributed by atoms with Crippen molar-refractivity contribution in [1.29, 1.82) is 0 Å². The van der Waals surface area contributed by atoms with E-state index in [4.69, 9.17) is 0 Å². The van der Waals surface area contributed by atoms with Crippen LogP contribution in [-0.2, 0) is 0 Å². The van der Waals surface area contributed by atoms with Crippen molar-refractivity contribution < 1.29 is 17.9 Å². The monoisotopic (exact) mass is 228 g/mol. The summed E-state index contributed by atoms with van der Waals surface area (Å²) in [5.41, 5.74) is 0.182. The maximum Gasteiger partial charge on any atom is 0.434 e. The molecule has 0 aliphatic heterocycles. The lowest BCUT2D eigenvalue weighted by Gasteiger charge is -2.06. The van der Waals surface area contributed by atoms with Crippen LogP contribution in [0.3, 0.4) is 0 Å². The van der Waals surface area contributed by atoms with Gasteiger partial charge in [0.1, 0.15) is 5.75 Å². The third-order valence-electron chi connectivity index (χ3n) is 1.77. The molecule has 0 atom stereocenters. The number of nitrogens with zero attached hydrogens (tertiary/aromatic N) is 1. The van der Waals surface area contributed by atoms with Crippen LogP contribution in [0.15, 0.2) is 33.5 Å². The van der Waals surface area contributed by atoms with Gasteiger partial charge >= 0.3 is 12.4 Å². The zero-order valence-electron chi connectivity index (χ0n) is 7.81. The van der Waals surface area contributed by atoms with E-state index in [0.717, 1.165) is 0 Å². The van der Waals surface area contributed by atoms with Gasteiger partial charge in [0.2, 0.25) is 0 Å². The van der Waals surface area contributed by atoms with Gasteiger partial charge in [0.15, 0.2) is 0 Å². The van der Waals surface area contributed by atoms with Crippen molar-refractivity contribution in [2.45, 2.75) is 6.61 Å². The molecule has 0 saturated heterocycles. The molecule has 0 fully saturated rings. The Morgan fingerprint density at radius 1 is 1.38 bits per heavy atom. The van der Waals surface area contributed by atoms with Crippen LogP contribution in [0.25, 0.3) is 11.5 Å². The summed E-state index contributed by atoms with van der Waals surface area (Å²) < 4.78 is 33.1. The lowest BCUT2D eigenvalue weighted by molar-refractivity contribution is -0.0495. The standard InChI is InChI=1S/C9H6F2N2O3/c10-8(11)15-6-4-2-1-3-5(6)7-12-13-9(14)16-7/h1-4,8H,(H,13,14). The van der Waals surface area contributed by atoms with Gasteiger partial charge in [0.05, 0.1) is 5.56 Å². The first-order chi connectivity index (χ1) is 7.66. The lowest BCUT2D eigenvalue weighted by atomic mass is 10.2. The van der Waals surface area contributed by atoms with E-state index in [1.807, 2.05) is 5.10 Å². The largest absolute Gasteiger partial charge is 0.434 e. The zero-order valence-corrected chi connectivity index (χ0v) is 7.81. The highest BCUT2D eigenvalue weighted by Gasteiger charge is 2.14. The second-order valence-corrected chi connectivity index (χ2v) is 2.79. The second-order valence-electron chi connectivity index (χ2n) is 2.79. The minimum Gasteiger partial charge on any atom is -0.434 e. The van der Waals surface area contributed by atoms with Crippen molar-refractivity contribution in [3.05, 3.63) is 34.8 Å². The number of rotatable bonds is 3. The maximum atomic E-state index is 12.1. The van der Waals surface area contributed by atoms with Crippen LogP contribution in [0.1, 0.15) is 0 Å². The Bertz CT molecular complexity index is 535. The molecule has 0 radical (unpaired) electrons. The summed E-state index contributed by atoms with van der Waals surface area (Å²) in [7, 11) is 0. The molecule has 16 heavy (non-hydrogen) atoms. The van der Waals surface area contributed by atoms with Crippen LogP contribution in [-0.4, -0.2) is 16.8 Å². The number of aromatic nitrogens is 2. The molecule has 1 heterocycles. The van der Waals surface area contributed by atoms with Crippen molar-refractivity contribution in [3.63, 3.8) is 0 Å². The molecule has 1 N–H and O–H groups in total. The van der Waals surface area contributed by atoms with Crippen molar-refractivity contribution in [3.8, 4) is 17.2 Å². The van der Waals surface area contributed by atoms with Crippen molar-refractivity contribution in [2.75, 3.05) is 0 Å². The van der Waals surface area contributed by atoms with Crippen LogP contribution >= 0.6 is 0 Å². The smallest absolute Gasteiger partial charge is 0.434 e. The summed E-state index contributed by atoms with van der Waals surface area (Å²) in [6, 6.07) is 5.89. The van der Waals surface area contributed by atoms with Gasteiger partial charge in [-0.1, -0.05) is 12.1 Å². The summed E-state index contributed by atoms with van der Waals surface area (Å²) in [6.45, 7) is -2.95. The van der Waals surface area contributed by atoms with Crippen LogP contribution in [0.5, 0.6) is 5.75 Å². The highest BCUT2D eigenvalue weighted by molar-refractivity contribution is 5.61. The molecule has 84 valence electrons. The Labute approximate surface area is 87.7 Å². The SMILES string of the molecule is O=c1[nH]nc(-c2ccccc2OC(F)F)o1. The number of benzene rings is 1. The fourth-order valence-electron chi connectivity index (χ4n) is 1.19. The quantitative estimate of drug-likeness (QED) is 0.866. The zero-order chi connectivity index (χ0) is 11.5. The number of ether oxygens (including phenoxy) is 1. The van der Waals surface area contributed by atoms with E-state index in [0.29, 0.717) is 0 Å². The molecule has 0 saturated carbocycles. The Morgan fingerprint density at radius 2 is 2.12 bits per heavy atom. The van der Waals surface area contributed by atoms with Gasteiger partial charge in [0, 0.05) is 0 Å². The molecule has 0 bridgehead atoms. The highest BCUT2D eigenvalue weighted by atomic mass is 19.3. The molecule has 1 aromatic carbocycles. The summed E-state index contributed by atoms with van der Waals surface area (Å²) >= 11 is 0. The third kappa shape index (κ3) is 2.08. The fraction of sp³-hybridized carbons (Fsp3) is 0.111. The molecule has 2 rings (SSSR count). The summed E-state index contributed by atoms with van der Waals surface area (Å²) in [5, 5.41) is 5.56. The molecule has 2 aromatic rings. The number of alkyl halides is 2. The van der Waals surface area contributed by atoms with Gasteiger partial charge in [-0.2, -0.15) is 8.78 Å². The number of nitrogens with one attached hydrogen (secondary N) is 1. The van der Waals surface area contributed by atoms with E-state index < -0.39 is 12.4 Å². The van der Waals surface area contributed by atoms with E-state index in [9.17, 15) is 13.6 Å². The van der Waals surface area contributed by atoms with Gasteiger partial charge in [0.25, 0.3) is 5.89 Å². The average Bonchev–Trinajstić information content (AvgIpc) is 2.65. The summed E-state index contributed by atoms with van der Waals surface area (Å²) in [5.74, 6) is -0.962. The number of H-pyrrole nitrogens is 1. The van der Waals surface area contributed by atoms with Gasteiger partial charge in [-0.15, -0.1) is 5.10 Å². The Kier molecular flexibility index (Phi) is 2.67. The molecule has 1 aromatic heterocycles. The Balaban J connectivity index is 2.44. The second kappa shape index (κ2) is 4.13. The third-order valence-corrected chi connectivity index (χ3v) is 1.77. The molecule has 7 heteroatoms. The predicted molar refractivity (Wildman–Crippen MR) is 49.2 cm³/mol. The minimum absolute atomic E-state index is 0.0961. The van der Waals surface area contributed by atoms with Gasteiger partial charge in [-0.25, -0.2) is 9.89 Å². The van der Waals surface area contributed by atoms with Crippen molar-refractivity contribution >= 4 is 0 Å². The number of hydrogen-bond acceptors (Lipinski definition) is 4. The van der Waals surface area contributed by atoms with Gasteiger partial charge < -0.3 is 9.15 Å². The molecular weight excluding hydrogens is 222 g/mol. The molecule has 0 aliphatic rings. The molecule has 5 nitrogen and oxygen atoms in total. The number of para-hydroxylation sites is 1. The fourth-order valence-corrected chi connectivity index (χ4v) is 1.19. The highest BCUT2D eigenvalue weighted by Crippen LogP contribution is 2.28. The van der Waals surface area contributed by atoms with Gasteiger partial charge in [-0.05, 0) is 12.1 Å². The summed E-state index contributed by atoms with van der Waals surface area (Å²) in [6.07, 6.45) is 0. The van der Waals surface area contributed by atoms with Crippen LogP contribution < -0.4 is 10.5 Å². The maximum absolute atomic E-state index is 12.1. The average molecular weight is 228 g/mol. The van der Waals surface area contributed by atoms with Crippen molar-refractivity contribution in [1.82, 2.24) is 10.2 Å².